The van der Waals surface area contributed by atoms with Crippen LogP contribution >= 0.6 is 0 Å². The van der Waals surface area contributed by atoms with Crippen LogP contribution in [0.4, 0.5) is 4.79 Å². The number of nitrogens with zero attached hydrogens (tertiary/aromatic N) is 1. The van der Waals surface area contributed by atoms with Crippen molar-refractivity contribution in [3.05, 3.63) is 11.6 Å². The van der Waals surface area contributed by atoms with E-state index in [-0.39, 0.29) is 18.1 Å². The molecule has 5 heteroatoms. The molecule has 1 atom stereocenters. The van der Waals surface area contributed by atoms with Crippen LogP contribution in [-0.4, -0.2) is 40.8 Å². The molecule has 1 aliphatic rings. The zero-order valence-corrected chi connectivity index (χ0v) is 14.9. The Bertz CT molecular complexity index is 454. The zero-order valence-electron chi connectivity index (χ0n) is 14.9. The van der Waals surface area contributed by atoms with Gasteiger partial charge in [0.15, 0.2) is 0 Å². The molecule has 126 valence electrons. The fourth-order valence-electron chi connectivity index (χ4n) is 2.30. The highest BCUT2D eigenvalue weighted by Crippen LogP contribution is 2.24. The minimum atomic E-state index is -0.497. The van der Waals surface area contributed by atoms with Crippen molar-refractivity contribution in [1.29, 1.82) is 0 Å². The molecular weight excluding hydrogens is 282 g/mol. The van der Waals surface area contributed by atoms with E-state index in [9.17, 15) is 9.59 Å². The van der Waals surface area contributed by atoms with E-state index < -0.39 is 11.2 Å². The number of amides is 1. The highest BCUT2D eigenvalue weighted by Gasteiger charge is 2.30. The topological polar surface area (TPSA) is 55.8 Å². The largest absolute Gasteiger partial charge is 0.457 e. The smallest absolute Gasteiger partial charge is 0.410 e. The summed E-state index contributed by atoms with van der Waals surface area (Å²) in [5.41, 5.74) is 0.0296. The van der Waals surface area contributed by atoms with Gasteiger partial charge in [-0.05, 0) is 61.3 Å². The number of hydrogen-bond acceptors (Lipinski definition) is 4. The van der Waals surface area contributed by atoms with Crippen molar-refractivity contribution in [3.8, 4) is 0 Å². The first-order valence-electron chi connectivity index (χ1n) is 7.79. The first kappa shape index (κ1) is 18.5. The Morgan fingerprint density at radius 2 is 1.64 bits per heavy atom. The van der Waals surface area contributed by atoms with Gasteiger partial charge in [0.25, 0.3) is 0 Å². The number of esters is 1. The summed E-state index contributed by atoms with van der Waals surface area (Å²) in [5.74, 6) is -0.319. The molecule has 0 bridgehead atoms. The number of carbonyl (C=O) groups is 2. The molecule has 0 spiro atoms. The predicted molar refractivity (Wildman–Crippen MR) is 85.6 cm³/mol. The molecule has 0 aromatic heterocycles. The van der Waals surface area contributed by atoms with Gasteiger partial charge in [0.1, 0.15) is 11.2 Å². The van der Waals surface area contributed by atoms with Gasteiger partial charge in [0, 0.05) is 18.7 Å². The molecule has 0 saturated carbocycles. The van der Waals surface area contributed by atoms with Gasteiger partial charge >= 0.3 is 12.1 Å². The first-order chi connectivity index (χ1) is 9.87. The van der Waals surface area contributed by atoms with Gasteiger partial charge < -0.3 is 14.4 Å². The lowest BCUT2D eigenvalue weighted by molar-refractivity contribution is -0.148. The highest BCUT2D eigenvalue weighted by atomic mass is 16.6. The molecule has 1 saturated heterocycles. The second-order valence-corrected chi connectivity index (χ2v) is 7.81. The van der Waals surface area contributed by atoms with E-state index in [2.05, 4.69) is 0 Å². The van der Waals surface area contributed by atoms with E-state index in [0.29, 0.717) is 19.4 Å². The number of hydrogen-bond donors (Lipinski definition) is 0. The summed E-state index contributed by atoms with van der Waals surface area (Å²) >= 11 is 0. The van der Waals surface area contributed by atoms with Crippen LogP contribution in [0.25, 0.3) is 0 Å². The van der Waals surface area contributed by atoms with E-state index in [1.807, 2.05) is 48.5 Å². The van der Waals surface area contributed by atoms with E-state index in [4.69, 9.17) is 9.47 Å². The molecule has 0 aromatic rings. The lowest BCUT2D eigenvalue weighted by Gasteiger charge is -2.36. The van der Waals surface area contributed by atoms with Crippen LogP contribution in [0.2, 0.25) is 0 Å². The van der Waals surface area contributed by atoms with E-state index in [1.54, 1.807) is 11.0 Å². The summed E-state index contributed by atoms with van der Waals surface area (Å²) in [5, 5.41) is 0. The van der Waals surface area contributed by atoms with Gasteiger partial charge in [-0.25, -0.2) is 9.59 Å². The first-order valence-corrected chi connectivity index (χ1v) is 7.79. The van der Waals surface area contributed by atoms with Gasteiger partial charge in [-0.3, -0.25) is 0 Å². The molecule has 1 rings (SSSR count). The van der Waals surface area contributed by atoms with Crippen molar-refractivity contribution >= 4 is 12.1 Å². The molecule has 0 aliphatic carbocycles. The van der Waals surface area contributed by atoms with Crippen LogP contribution in [0.15, 0.2) is 11.6 Å². The number of ether oxygens (including phenoxy) is 2. The Labute approximate surface area is 133 Å². The van der Waals surface area contributed by atoms with Crippen molar-refractivity contribution < 1.29 is 19.1 Å². The Balaban J connectivity index is 2.62. The number of likely N-dealkylation sites (tertiary alicyclic amines) is 1. The third-order valence-electron chi connectivity index (χ3n) is 3.12. The van der Waals surface area contributed by atoms with E-state index in [1.165, 1.54) is 0 Å². The summed E-state index contributed by atoms with van der Waals surface area (Å²) < 4.78 is 10.7. The second-order valence-electron chi connectivity index (χ2n) is 7.81. The Morgan fingerprint density at radius 1 is 1.09 bits per heavy atom. The Hall–Kier alpha value is -1.52. The summed E-state index contributed by atoms with van der Waals surface area (Å²) in [6.07, 6.45) is 2.60. The fraction of sp³-hybridized carbons (Fsp3) is 0.765. The van der Waals surface area contributed by atoms with Crippen LogP contribution in [0.3, 0.4) is 0 Å². The predicted octanol–water partition coefficient (Wildman–Crippen LogP) is 3.67. The Morgan fingerprint density at radius 3 is 2.09 bits per heavy atom. The number of piperidine rings is 1. The van der Waals surface area contributed by atoms with Crippen LogP contribution in [-0.2, 0) is 14.3 Å². The lowest BCUT2D eigenvalue weighted by atomic mass is 9.97. The van der Waals surface area contributed by atoms with Gasteiger partial charge in [0.05, 0.1) is 0 Å². The van der Waals surface area contributed by atoms with Crippen molar-refractivity contribution in [2.45, 2.75) is 78.6 Å². The minimum Gasteiger partial charge on any atom is -0.457 e. The average Bonchev–Trinajstić information content (AvgIpc) is 2.23. The maximum atomic E-state index is 12.1. The maximum absolute atomic E-state index is 12.1. The third-order valence-corrected chi connectivity index (χ3v) is 3.12. The number of rotatable bonds is 1. The Kier molecular flexibility index (Phi) is 5.65. The molecule has 1 fully saturated rings. The molecule has 22 heavy (non-hydrogen) atoms. The lowest BCUT2D eigenvalue weighted by Crippen LogP contribution is -2.45. The summed E-state index contributed by atoms with van der Waals surface area (Å²) in [6.45, 7) is 13.6. The molecule has 1 unspecified atom stereocenters. The normalized spacial score (nSPS) is 21.7. The van der Waals surface area contributed by atoms with Gasteiger partial charge in [-0.1, -0.05) is 5.57 Å². The SMILES string of the molecule is CC1CC(=CC(=O)OC(C)(C)C)CCN1C(=O)OC(C)(C)C. The monoisotopic (exact) mass is 311 g/mol. The van der Waals surface area contributed by atoms with Crippen LogP contribution in [0.5, 0.6) is 0 Å². The van der Waals surface area contributed by atoms with Crippen molar-refractivity contribution in [2.24, 2.45) is 0 Å². The summed E-state index contributed by atoms with van der Waals surface area (Å²) in [4.78, 5) is 25.7. The van der Waals surface area contributed by atoms with Crippen molar-refractivity contribution in [3.63, 3.8) is 0 Å². The molecule has 0 aromatic carbocycles. The second kappa shape index (κ2) is 6.71. The van der Waals surface area contributed by atoms with E-state index in [0.717, 1.165) is 5.57 Å². The molecule has 1 aliphatic heterocycles. The molecular formula is C17H29NO4. The minimum absolute atomic E-state index is 0.0114. The van der Waals surface area contributed by atoms with Crippen LogP contribution < -0.4 is 0 Å². The van der Waals surface area contributed by atoms with E-state index >= 15 is 0 Å². The van der Waals surface area contributed by atoms with Gasteiger partial charge in [-0.15, -0.1) is 0 Å². The standard InChI is InChI=1S/C17H29NO4/c1-12-10-13(11-14(19)21-16(2,3)4)8-9-18(12)15(20)22-17(5,6)7/h11-12H,8-10H2,1-7H3. The quantitative estimate of drug-likeness (QED) is 0.547. The average molecular weight is 311 g/mol. The summed E-state index contributed by atoms with van der Waals surface area (Å²) in [6, 6.07) is 0.0114. The third kappa shape index (κ3) is 6.50. The van der Waals surface area contributed by atoms with Crippen molar-refractivity contribution in [2.75, 3.05) is 6.54 Å². The molecule has 1 heterocycles. The van der Waals surface area contributed by atoms with Gasteiger partial charge in [0.2, 0.25) is 0 Å². The van der Waals surface area contributed by atoms with Crippen molar-refractivity contribution in [1.82, 2.24) is 4.90 Å². The molecule has 0 radical (unpaired) electrons. The molecule has 5 nitrogen and oxygen atoms in total. The summed E-state index contributed by atoms with van der Waals surface area (Å²) in [7, 11) is 0. The number of carbonyl (C=O) groups excluding carboxylic acids is 2. The molecule has 1 amide bonds. The van der Waals surface area contributed by atoms with Crippen LogP contribution in [0.1, 0.15) is 61.3 Å². The fourth-order valence-corrected chi connectivity index (χ4v) is 2.30. The van der Waals surface area contributed by atoms with Crippen LogP contribution in [0, 0.1) is 0 Å². The highest BCUT2D eigenvalue weighted by molar-refractivity contribution is 5.83. The zero-order chi connectivity index (χ0) is 17.1. The maximum Gasteiger partial charge on any atom is 0.410 e. The van der Waals surface area contributed by atoms with Gasteiger partial charge in [-0.2, -0.15) is 0 Å². The molecule has 0 N–H and O–H groups in total.